The molecule has 1 saturated carbocycles. The molecule has 1 atom stereocenters. The van der Waals surface area contributed by atoms with Crippen LogP contribution in [-0.2, 0) is 4.79 Å². The molecule has 2 N–H and O–H groups in total. The molecule has 0 aromatic heterocycles. The highest BCUT2D eigenvalue weighted by atomic mass is 19.4. The van der Waals surface area contributed by atoms with Crippen LogP contribution < -0.4 is 10.6 Å². The predicted octanol–water partition coefficient (Wildman–Crippen LogP) is 0.732. The van der Waals surface area contributed by atoms with Crippen LogP contribution in [0.1, 0.15) is 25.7 Å². The van der Waals surface area contributed by atoms with Crippen LogP contribution in [-0.4, -0.2) is 105 Å². The Morgan fingerprint density at radius 1 is 1.07 bits per heavy atom. The number of aliphatic imine (C=N–C) groups is 1. The van der Waals surface area contributed by atoms with Crippen molar-refractivity contribution in [3.05, 3.63) is 0 Å². The average Bonchev–Trinajstić information content (AvgIpc) is 3.04. The Morgan fingerprint density at radius 3 is 2.38 bits per heavy atom. The predicted molar refractivity (Wildman–Crippen MR) is 106 cm³/mol. The summed E-state index contributed by atoms with van der Waals surface area (Å²) in [5, 5.41) is 6.48. The SMILES string of the molecule is CN=C(NCCN1CCN(C(=O)C2CCC2)CC1)NC1CCN(CC(F)(F)F)C1. The third-order valence-corrected chi connectivity index (χ3v) is 6.10. The molecule has 3 fully saturated rings. The molecule has 10 heteroatoms. The largest absolute Gasteiger partial charge is 0.401 e. The van der Waals surface area contributed by atoms with Crippen molar-refractivity contribution in [3.63, 3.8) is 0 Å². The topological polar surface area (TPSA) is 63.2 Å². The molecule has 2 heterocycles. The average molecular weight is 419 g/mol. The van der Waals surface area contributed by atoms with Gasteiger partial charge in [0, 0.05) is 71.4 Å². The van der Waals surface area contributed by atoms with Crippen molar-refractivity contribution in [2.24, 2.45) is 10.9 Å². The first-order chi connectivity index (χ1) is 13.8. The number of carbonyl (C=O) groups excluding carboxylic acids is 1. The molecule has 2 aliphatic heterocycles. The zero-order valence-corrected chi connectivity index (χ0v) is 17.2. The summed E-state index contributed by atoms with van der Waals surface area (Å²) in [6.07, 6.45) is -0.207. The Labute approximate surface area is 170 Å². The number of likely N-dealkylation sites (tertiary alicyclic amines) is 1. The van der Waals surface area contributed by atoms with Crippen LogP contribution in [0.3, 0.4) is 0 Å². The van der Waals surface area contributed by atoms with Gasteiger partial charge in [-0.25, -0.2) is 0 Å². The number of guanidine groups is 1. The molecule has 0 aromatic rings. The molecule has 166 valence electrons. The molecule has 1 aliphatic carbocycles. The maximum absolute atomic E-state index is 12.5. The molecule has 3 aliphatic rings. The normalized spacial score (nSPS) is 25.2. The van der Waals surface area contributed by atoms with E-state index < -0.39 is 12.7 Å². The lowest BCUT2D eigenvalue weighted by Gasteiger charge is -2.38. The van der Waals surface area contributed by atoms with Crippen molar-refractivity contribution < 1.29 is 18.0 Å². The minimum Gasteiger partial charge on any atom is -0.355 e. The first kappa shape index (κ1) is 22.1. The van der Waals surface area contributed by atoms with E-state index in [-0.39, 0.29) is 12.0 Å². The van der Waals surface area contributed by atoms with E-state index in [0.717, 1.165) is 45.6 Å². The van der Waals surface area contributed by atoms with E-state index in [4.69, 9.17) is 0 Å². The number of hydrogen-bond donors (Lipinski definition) is 2. The summed E-state index contributed by atoms with van der Waals surface area (Å²) in [5.41, 5.74) is 0. The summed E-state index contributed by atoms with van der Waals surface area (Å²) >= 11 is 0. The van der Waals surface area contributed by atoms with Gasteiger partial charge in [0.1, 0.15) is 0 Å². The van der Waals surface area contributed by atoms with Crippen LogP contribution in [0.15, 0.2) is 4.99 Å². The van der Waals surface area contributed by atoms with Crippen molar-refractivity contribution in [3.8, 4) is 0 Å². The van der Waals surface area contributed by atoms with E-state index in [1.807, 2.05) is 4.90 Å². The molecule has 0 spiro atoms. The highest BCUT2D eigenvalue weighted by Gasteiger charge is 2.34. The fourth-order valence-corrected chi connectivity index (χ4v) is 4.17. The van der Waals surface area contributed by atoms with Gasteiger partial charge in [0.05, 0.1) is 6.54 Å². The molecule has 0 aromatic carbocycles. The zero-order valence-electron chi connectivity index (χ0n) is 17.2. The lowest BCUT2D eigenvalue weighted by molar-refractivity contribution is -0.143. The second kappa shape index (κ2) is 9.97. The molecule has 7 nitrogen and oxygen atoms in total. The van der Waals surface area contributed by atoms with Crippen LogP contribution in [0.5, 0.6) is 0 Å². The van der Waals surface area contributed by atoms with Crippen molar-refractivity contribution in [1.29, 1.82) is 0 Å². The van der Waals surface area contributed by atoms with E-state index in [1.165, 1.54) is 11.3 Å². The Morgan fingerprint density at radius 2 is 1.79 bits per heavy atom. The first-order valence-electron chi connectivity index (χ1n) is 10.6. The molecule has 2 saturated heterocycles. The van der Waals surface area contributed by atoms with E-state index >= 15 is 0 Å². The Balaban J connectivity index is 1.30. The summed E-state index contributed by atoms with van der Waals surface area (Å²) in [5.74, 6) is 1.22. The van der Waals surface area contributed by atoms with Gasteiger partial charge in [0.25, 0.3) is 0 Å². The smallest absolute Gasteiger partial charge is 0.355 e. The third kappa shape index (κ3) is 6.74. The van der Waals surface area contributed by atoms with Crippen LogP contribution >= 0.6 is 0 Å². The summed E-state index contributed by atoms with van der Waals surface area (Å²) in [6, 6.07) is -0.0235. The summed E-state index contributed by atoms with van der Waals surface area (Å²) in [4.78, 5) is 22.2. The number of nitrogens with one attached hydrogen (secondary N) is 2. The Kier molecular flexibility index (Phi) is 7.61. The monoisotopic (exact) mass is 418 g/mol. The van der Waals surface area contributed by atoms with Gasteiger partial charge in [-0.2, -0.15) is 13.2 Å². The van der Waals surface area contributed by atoms with Crippen LogP contribution in [0.4, 0.5) is 13.2 Å². The van der Waals surface area contributed by atoms with E-state index in [9.17, 15) is 18.0 Å². The number of piperazine rings is 1. The van der Waals surface area contributed by atoms with Gasteiger partial charge < -0.3 is 15.5 Å². The number of hydrogen-bond acceptors (Lipinski definition) is 4. The fourth-order valence-electron chi connectivity index (χ4n) is 4.17. The molecule has 3 rings (SSSR count). The number of halogens is 3. The maximum atomic E-state index is 12.5. The summed E-state index contributed by atoms with van der Waals surface area (Å²) in [7, 11) is 1.67. The lowest BCUT2D eigenvalue weighted by Crippen LogP contribution is -2.53. The molecule has 29 heavy (non-hydrogen) atoms. The van der Waals surface area contributed by atoms with E-state index in [0.29, 0.717) is 37.9 Å². The first-order valence-corrected chi connectivity index (χ1v) is 10.6. The second-order valence-corrected chi connectivity index (χ2v) is 8.27. The minimum atomic E-state index is -4.15. The molecule has 0 radical (unpaired) electrons. The number of alkyl halides is 3. The molecular weight excluding hydrogens is 385 g/mol. The molecule has 0 bridgehead atoms. The fraction of sp³-hybridized carbons (Fsp3) is 0.895. The van der Waals surface area contributed by atoms with E-state index in [1.54, 1.807) is 7.05 Å². The van der Waals surface area contributed by atoms with Gasteiger partial charge in [-0.3, -0.25) is 19.6 Å². The van der Waals surface area contributed by atoms with Gasteiger partial charge in [-0.05, 0) is 19.3 Å². The second-order valence-electron chi connectivity index (χ2n) is 8.27. The number of nitrogens with zero attached hydrogens (tertiary/aromatic N) is 4. The van der Waals surface area contributed by atoms with Crippen molar-refractivity contribution >= 4 is 11.9 Å². The van der Waals surface area contributed by atoms with E-state index in [2.05, 4.69) is 20.5 Å². The zero-order chi connectivity index (χ0) is 20.9. The number of carbonyl (C=O) groups is 1. The van der Waals surface area contributed by atoms with Gasteiger partial charge in [-0.1, -0.05) is 6.42 Å². The van der Waals surface area contributed by atoms with Crippen molar-refractivity contribution in [1.82, 2.24) is 25.3 Å². The van der Waals surface area contributed by atoms with Crippen LogP contribution in [0.2, 0.25) is 0 Å². The van der Waals surface area contributed by atoms with Crippen molar-refractivity contribution in [2.75, 3.05) is 66.0 Å². The van der Waals surface area contributed by atoms with Gasteiger partial charge >= 0.3 is 6.18 Å². The maximum Gasteiger partial charge on any atom is 0.401 e. The van der Waals surface area contributed by atoms with Crippen LogP contribution in [0.25, 0.3) is 0 Å². The molecule has 1 amide bonds. The number of amides is 1. The van der Waals surface area contributed by atoms with Gasteiger partial charge in [0.15, 0.2) is 5.96 Å². The van der Waals surface area contributed by atoms with Crippen molar-refractivity contribution in [2.45, 2.75) is 37.9 Å². The Hall–Kier alpha value is -1.55. The molecule has 1 unspecified atom stereocenters. The lowest BCUT2D eigenvalue weighted by atomic mass is 9.84. The Bertz CT molecular complexity index is 573. The summed E-state index contributed by atoms with van der Waals surface area (Å²) < 4.78 is 37.5. The van der Waals surface area contributed by atoms with Crippen LogP contribution in [0, 0.1) is 5.92 Å². The van der Waals surface area contributed by atoms with Gasteiger partial charge in [0.2, 0.25) is 5.91 Å². The number of rotatable bonds is 6. The highest BCUT2D eigenvalue weighted by Crippen LogP contribution is 2.28. The standard InChI is InChI=1S/C19H33F3N6O/c1-23-18(25-16-5-7-27(13-16)14-19(20,21)22)24-6-8-26-9-11-28(12-10-26)17(29)15-3-2-4-15/h15-16H,2-14H2,1H3,(H2,23,24,25). The molecular formula is C19H33F3N6O. The summed E-state index contributed by atoms with van der Waals surface area (Å²) in [6.45, 7) is 4.84. The van der Waals surface area contributed by atoms with Gasteiger partial charge in [-0.15, -0.1) is 0 Å². The minimum absolute atomic E-state index is 0.0235. The quantitative estimate of drug-likeness (QED) is 0.492. The third-order valence-electron chi connectivity index (χ3n) is 6.10. The highest BCUT2D eigenvalue weighted by molar-refractivity contribution is 5.80.